The second-order valence-electron chi connectivity index (χ2n) is 5.13. The normalized spacial score (nSPS) is 21.9. The Labute approximate surface area is 119 Å². The van der Waals surface area contributed by atoms with Crippen molar-refractivity contribution in [1.29, 1.82) is 0 Å². The third kappa shape index (κ3) is 3.53. The highest BCUT2D eigenvalue weighted by Crippen LogP contribution is 2.31. The van der Waals surface area contributed by atoms with Crippen molar-refractivity contribution in [3.05, 3.63) is 29.6 Å². The van der Waals surface area contributed by atoms with Crippen molar-refractivity contribution in [2.24, 2.45) is 11.8 Å². The maximum Gasteiger partial charge on any atom is 0.306 e. The second-order valence-corrected chi connectivity index (χ2v) is 5.13. The molecule has 21 heavy (non-hydrogen) atoms. The first-order valence-electron chi connectivity index (χ1n) is 6.56. The van der Waals surface area contributed by atoms with E-state index in [0.29, 0.717) is 31.4 Å². The molecule has 2 N–H and O–H groups in total. The average Bonchev–Trinajstić information content (AvgIpc) is 2.42. The monoisotopic (exact) mass is 301 g/mol. The molecule has 1 saturated carbocycles. The van der Waals surface area contributed by atoms with Crippen molar-refractivity contribution in [2.45, 2.75) is 25.7 Å². The minimum absolute atomic E-state index is 0.131. The van der Waals surface area contributed by atoms with E-state index in [1.165, 1.54) is 0 Å². The van der Waals surface area contributed by atoms with Gasteiger partial charge in [-0.15, -0.1) is 0 Å². The van der Waals surface area contributed by atoms with E-state index in [-0.39, 0.29) is 6.42 Å². The molecule has 0 aromatic heterocycles. The van der Waals surface area contributed by atoms with Crippen molar-refractivity contribution in [3.63, 3.8) is 0 Å². The topological polar surface area (TPSA) is 66.4 Å². The number of hydrogen-bond donors (Lipinski definition) is 2. The zero-order valence-electron chi connectivity index (χ0n) is 11.0. The van der Waals surface area contributed by atoms with Crippen molar-refractivity contribution in [1.82, 2.24) is 0 Å². The predicted molar refractivity (Wildman–Crippen MR) is 68.0 cm³/mol. The molecular weight excluding hydrogens is 287 g/mol. The molecule has 1 aromatic rings. The summed E-state index contributed by atoms with van der Waals surface area (Å²) in [5.74, 6) is -6.36. The molecule has 0 heterocycles. The number of nitrogens with one attached hydrogen (secondary N) is 1. The van der Waals surface area contributed by atoms with Gasteiger partial charge in [0.15, 0.2) is 11.6 Å². The summed E-state index contributed by atoms with van der Waals surface area (Å²) in [6.07, 6.45) is 1.63. The molecule has 1 fully saturated rings. The molecule has 2 rings (SSSR count). The summed E-state index contributed by atoms with van der Waals surface area (Å²) in [7, 11) is 0. The summed E-state index contributed by atoms with van der Waals surface area (Å²) in [5, 5.41) is 11.0. The number of aliphatic carboxylic acids is 1. The van der Waals surface area contributed by atoms with Gasteiger partial charge in [0.2, 0.25) is 5.91 Å². The minimum Gasteiger partial charge on any atom is -0.481 e. The van der Waals surface area contributed by atoms with E-state index in [0.717, 1.165) is 0 Å². The van der Waals surface area contributed by atoms with Crippen molar-refractivity contribution < 1.29 is 27.9 Å². The smallest absolute Gasteiger partial charge is 0.306 e. The van der Waals surface area contributed by atoms with Gasteiger partial charge in [-0.1, -0.05) is 6.42 Å². The summed E-state index contributed by atoms with van der Waals surface area (Å²) in [5.41, 5.74) is -0.709. The van der Waals surface area contributed by atoms with Crippen LogP contribution >= 0.6 is 0 Å². The Hall–Kier alpha value is -2.05. The first-order valence-corrected chi connectivity index (χ1v) is 6.56. The lowest BCUT2D eigenvalue weighted by atomic mass is 9.81. The maximum absolute atomic E-state index is 13.5. The Kier molecular flexibility index (Phi) is 4.50. The van der Waals surface area contributed by atoms with Crippen LogP contribution in [-0.4, -0.2) is 17.0 Å². The fraction of sp³-hybridized carbons (Fsp3) is 0.429. The lowest BCUT2D eigenvalue weighted by Crippen LogP contribution is -2.31. The van der Waals surface area contributed by atoms with Crippen LogP contribution < -0.4 is 5.32 Å². The van der Waals surface area contributed by atoms with E-state index >= 15 is 0 Å². The molecule has 1 aliphatic rings. The Morgan fingerprint density at radius 3 is 2.24 bits per heavy atom. The molecule has 1 aromatic carbocycles. The summed E-state index contributed by atoms with van der Waals surface area (Å²) in [6, 6.07) is 0.944. The highest BCUT2D eigenvalue weighted by Gasteiger charge is 2.31. The highest BCUT2D eigenvalue weighted by molar-refractivity contribution is 5.93. The summed E-state index contributed by atoms with van der Waals surface area (Å²) in [4.78, 5) is 22.9. The molecule has 0 aliphatic heterocycles. The summed E-state index contributed by atoms with van der Waals surface area (Å²) in [6.45, 7) is 0. The number of benzene rings is 1. The number of carboxylic acid groups (broad SMARTS) is 1. The Morgan fingerprint density at radius 1 is 1.10 bits per heavy atom. The average molecular weight is 301 g/mol. The van der Waals surface area contributed by atoms with Crippen LogP contribution in [0, 0.1) is 29.3 Å². The van der Waals surface area contributed by atoms with E-state index in [9.17, 15) is 22.8 Å². The van der Waals surface area contributed by atoms with Gasteiger partial charge in [-0.05, 0) is 19.3 Å². The van der Waals surface area contributed by atoms with Crippen LogP contribution in [0.4, 0.5) is 18.9 Å². The molecular formula is C14H14F3NO3. The number of hydrogen-bond acceptors (Lipinski definition) is 2. The zero-order valence-corrected chi connectivity index (χ0v) is 11.0. The third-order valence-electron chi connectivity index (χ3n) is 3.65. The van der Waals surface area contributed by atoms with Gasteiger partial charge in [0, 0.05) is 18.1 Å². The van der Waals surface area contributed by atoms with Crippen molar-refractivity contribution in [3.8, 4) is 0 Å². The number of halogens is 3. The second kappa shape index (κ2) is 6.15. The minimum atomic E-state index is -1.20. The number of rotatable bonds is 3. The maximum atomic E-state index is 13.5. The standard InChI is InChI=1S/C14H14F3NO3/c15-9-5-10(16)12(11(17)6-9)18-13(19)7-2-1-3-8(4-7)14(20)21/h5-8H,1-4H2,(H,18,19)(H,20,21). The number of carboxylic acids is 1. The molecule has 1 amide bonds. The largest absolute Gasteiger partial charge is 0.481 e. The van der Waals surface area contributed by atoms with E-state index in [1.807, 2.05) is 0 Å². The fourth-order valence-electron chi connectivity index (χ4n) is 2.54. The van der Waals surface area contributed by atoms with Crippen molar-refractivity contribution >= 4 is 17.6 Å². The van der Waals surface area contributed by atoms with Gasteiger partial charge in [-0.25, -0.2) is 13.2 Å². The van der Waals surface area contributed by atoms with Gasteiger partial charge in [0.1, 0.15) is 11.5 Å². The molecule has 4 nitrogen and oxygen atoms in total. The molecule has 2 atom stereocenters. The van der Waals surface area contributed by atoms with E-state index in [1.54, 1.807) is 0 Å². The molecule has 0 radical (unpaired) electrons. The summed E-state index contributed by atoms with van der Waals surface area (Å²) >= 11 is 0. The first kappa shape index (κ1) is 15.3. The molecule has 2 unspecified atom stereocenters. The number of carbonyl (C=O) groups is 2. The van der Waals surface area contributed by atoms with Crippen LogP contribution in [0.5, 0.6) is 0 Å². The first-order chi connectivity index (χ1) is 9.88. The fourth-order valence-corrected chi connectivity index (χ4v) is 2.54. The van der Waals surface area contributed by atoms with Gasteiger partial charge < -0.3 is 10.4 Å². The number of carbonyl (C=O) groups excluding carboxylic acids is 1. The van der Waals surface area contributed by atoms with Crippen LogP contribution in [-0.2, 0) is 9.59 Å². The molecule has 7 heteroatoms. The van der Waals surface area contributed by atoms with Crippen molar-refractivity contribution in [2.75, 3.05) is 5.32 Å². The van der Waals surface area contributed by atoms with Gasteiger partial charge in [-0.3, -0.25) is 9.59 Å². The van der Waals surface area contributed by atoms with E-state index in [4.69, 9.17) is 5.11 Å². The van der Waals surface area contributed by atoms with Gasteiger partial charge in [0.05, 0.1) is 5.92 Å². The van der Waals surface area contributed by atoms with Crippen LogP contribution in [0.25, 0.3) is 0 Å². The zero-order chi connectivity index (χ0) is 15.6. The molecule has 1 aliphatic carbocycles. The summed E-state index contributed by atoms with van der Waals surface area (Å²) < 4.78 is 39.7. The number of anilines is 1. The van der Waals surface area contributed by atoms with Crippen LogP contribution in [0.2, 0.25) is 0 Å². The Balaban J connectivity index is 2.10. The molecule has 0 bridgehead atoms. The molecule has 0 saturated heterocycles. The van der Waals surface area contributed by atoms with Gasteiger partial charge in [-0.2, -0.15) is 0 Å². The van der Waals surface area contributed by atoms with Crippen LogP contribution in [0.15, 0.2) is 12.1 Å². The lowest BCUT2D eigenvalue weighted by Gasteiger charge is -2.25. The van der Waals surface area contributed by atoms with Crippen LogP contribution in [0.1, 0.15) is 25.7 Å². The Morgan fingerprint density at radius 2 is 1.67 bits per heavy atom. The predicted octanol–water partition coefficient (Wildman–Crippen LogP) is 2.93. The van der Waals surface area contributed by atoms with Gasteiger partial charge in [0.25, 0.3) is 0 Å². The number of amides is 1. The molecule has 0 spiro atoms. The van der Waals surface area contributed by atoms with Crippen LogP contribution in [0.3, 0.4) is 0 Å². The highest BCUT2D eigenvalue weighted by atomic mass is 19.1. The van der Waals surface area contributed by atoms with Gasteiger partial charge >= 0.3 is 5.97 Å². The van der Waals surface area contributed by atoms with E-state index < -0.39 is 46.9 Å². The third-order valence-corrected chi connectivity index (χ3v) is 3.65. The van der Waals surface area contributed by atoms with E-state index in [2.05, 4.69) is 5.32 Å². The SMILES string of the molecule is O=C(O)C1CCCC(C(=O)Nc2c(F)cc(F)cc2F)C1. The molecule has 114 valence electrons. The Bertz CT molecular complexity index is 554. The lowest BCUT2D eigenvalue weighted by molar-refractivity contribution is -0.143. The quantitative estimate of drug-likeness (QED) is 0.902.